The Hall–Kier alpha value is -2.02. The van der Waals surface area contributed by atoms with Crippen molar-refractivity contribution in [3.8, 4) is 0 Å². The van der Waals surface area contributed by atoms with Gasteiger partial charge < -0.3 is 15.5 Å². The number of nitrogens with zero attached hydrogens (tertiary/aromatic N) is 2. The van der Waals surface area contributed by atoms with Gasteiger partial charge in [0.2, 0.25) is 5.89 Å². The summed E-state index contributed by atoms with van der Waals surface area (Å²) in [5.41, 5.74) is 5.45. The number of nitrogens with one attached hydrogen (secondary N) is 1. The van der Waals surface area contributed by atoms with Gasteiger partial charge in [-0.05, 0) is 12.1 Å². The summed E-state index contributed by atoms with van der Waals surface area (Å²) in [6.45, 7) is 0.103. The third-order valence-electron chi connectivity index (χ3n) is 1.76. The average molecular weight is 226 g/mol. The first-order valence-electron chi connectivity index (χ1n) is 4.43. The lowest BCUT2D eigenvalue weighted by Gasteiger charge is -2.01. The van der Waals surface area contributed by atoms with E-state index in [1.54, 1.807) is 0 Å². The fourth-order valence-corrected chi connectivity index (χ4v) is 1.14. The van der Waals surface area contributed by atoms with Crippen LogP contribution in [0.2, 0.25) is 0 Å². The van der Waals surface area contributed by atoms with Gasteiger partial charge in [0.25, 0.3) is 0 Å². The first-order chi connectivity index (χ1) is 7.67. The second-order valence-corrected chi connectivity index (χ2v) is 2.99. The topological polar surface area (TPSA) is 77.0 Å². The number of anilines is 2. The van der Waals surface area contributed by atoms with Crippen LogP contribution in [0.1, 0.15) is 5.89 Å². The zero-order valence-electron chi connectivity index (χ0n) is 8.08. The van der Waals surface area contributed by atoms with Crippen molar-refractivity contribution in [2.24, 2.45) is 5.73 Å². The molecule has 0 aliphatic carbocycles. The summed E-state index contributed by atoms with van der Waals surface area (Å²) in [4.78, 5) is 0. The molecule has 0 aliphatic heterocycles. The molecule has 7 heteroatoms. The number of benzene rings is 1. The molecule has 3 N–H and O–H groups in total. The zero-order valence-corrected chi connectivity index (χ0v) is 8.08. The number of rotatable bonds is 3. The summed E-state index contributed by atoms with van der Waals surface area (Å²) in [6, 6.07) is 3.01. The summed E-state index contributed by atoms with van der Waals surface area (Å²) in [7, 11) is 0. The Balaban J connectivity index is 2.19. The minimum absolute atomic E-state index is 0.0328. The molecule has 1 heterocycles. The minimum Gasteiger partial charge on any atom is -0.406 e. The van der Waals surface area contributed by atoms with Gasteiger partial charge in [0.1, 0.15) is 11.6 Å². The summed E-state index contributed by atoms with van der Waals surface area (Å²) in [5, 5.41) is 9.74. The number of nitrogens with two attached hydrogens (primary N) is 1. The average Bonchev–Trinajstić information content (AvgIpc) is 2.64. The van der Waals surface area contributed by atoms with Crippen molar-refractivity contribution in [1.82, 2.24) is 10.2 Å². The molecule has 0 unspecified atom stereocenters. The summed E-state index contributed by atoms with van der Waals surface area (Å²) >= 11 is 0. The Labute approximate surface area is 89.3 Å². The van der Waals surface area contributed by atoms with E-state index in [-0.39, 0.29) is 24.1 Å². The van der Waals surface area contributed by atoms with Crippen LogP contribution in [0.15, 0.2) is 22.6 Å². The normalized spacial score (nSPS) is 10.4. The molecule has 2 rings (SSSR count). The van der Waals surface area contributed by atoms with Crippen molar-refractivity contribution in [2.45, 2.75) is 6.54 Å². The Morgan fingerprint density at radius 3 is 2.44 bits per heavy atom. The molecule has 0 spiro atoms. The van der Waals surface area contributed by atoms with Gasteiger partial charge in [-0.25, -0.2) is 8.78 Å². The Morgan fingerprint density at radius 2 is 1.88 bits per heavy atom. The molecule has 0 atom stereocenters. The smallest absolute Gasteiger partial charge is 0.320 e. The van der Waals surface area contributed by atoms with Crippen molar-refractivity contribution < 1.29 is 13.2 Å². The number of hydrogen-bond acceptors (Lipinski definition) is 5. The Bertz CT molecular complexity index is 480. The second-order valence-electron chi connectivity index (χ2n) is 2.99. The summed E-state index contributed by atoms with van der Waals surface area (Å²) in [6.07, 6.45) is 0. The lowest BCUT2D eigenvalue weighted by atomic mass is 10.3. The van der Waals surface area contributed by atoms with Gasteiger partial charge >= 0.3 is 6.01 Å². The molecule has 2 aromatic rings. The Morgan fingerprint density at radius 1 is 1.19 bits per heavy atom. The van der Waals surface area contributed by atoms with Gasteiger partial charge in [0.15, 0.2) is 0 Å². The van der Waals surface area contributed by atoms with E-state index in [0.29, 0.717) is 0 Å². The highest BCUT2D eigenvalue weighted by Crippen LogP contribution is 2.17. The van der Waals surface area contributed by atoms with E-state index in [9.17, 15) is 8.78 Å². The Kier molecular flexibility index (Phi) is 2.78. The van der Waals surface area contributed by atoms with Crippen LogP contribution in [-0.4, -0.2) is 10.2 Å². The van der Waals surface area contributed by atoms with Crippen LogP contribution in [0.4, 0.5) is 20.5 Å². The molecule has 0 fully saturated rings. The fourth-order valence-electron chi connectivity index (χ4n) is 1.14. The maximum atomic E-state index is 12.8. The highest BCUT2D eigenvalue weighted by Gasteiger charge is 2.06. The molecule has 5 nitrogen and oxygen atoms in total. The highest BCUT2D eigenvalue weighted by molar-refractivity contribution is 5.51. The van der Waals surface area contributed by atoms with Crippen LogP contribution in [0.3, 0.4) is 0 Å². The van der Waals surface area contributed by atoms with Crippen molar-refractivity contribution in [2.75, 3.05) is 5.32 Å². The molecular weight excluding hydrogens is 218 g/mol. The number of halogens is 2. The molecule has 84 valence electrons. The minimum atomic E-state index is -0.693. The van der Waals surface area contributed by atoms with E-state index in [2.05, 4.69) is 15.5 Å². The first kappa shape index (κ1) is 10.5. The van der Waals surface area contributed by atoms with Crippen LogP contribution in [0.25, 0.3) is 0 Å². The molecule has 0 amide bonds. The van der Waals surface area contributed by atoms with E-state index in [1.165, 1.54) is 0 Å². The summed E-state index contributed by atoms with van der Waals surface area (Å²) in [5.74, 6) is -1.15. The van der Waals surface area contributed by atoms with Gasteiger partial charge in [-0.3, -0.25) is 0 Å². The van der Waals surface area contributed by atoms with Crippen LogP contribution < -0.4 is 11.1 Å². The second kappa shape index (κ2) is 4.23. The SMILES string of the molecule is NCc1nnc(Nc2cc(F)cc(F)c2)o1. The van der Waals surface area contributed by atoms with Crippen LogP contribution in [0, 0.1) is 11.6 Å². The molecule has 0 aliphatic rings. The molecule has 0 saturated heterocycles. The van der Waals surface area contributed by atoms with Gasteiger partial charge in [-0.1, -0.05) is 5.10 Å². The molecule has 1 aromatic heterocycles. The van der Waals surface area contributed by atoms with E-state index >= 15 is 0 Å². The third kappa shape index (κ3) is 2.31. The molecule has 0 radical (unpaired) electrons. The van der Waals surface area contributed by atoms with Gasteiger partial charge in [0.05, 0.1) is 6.54 Å². The molecule has 0 saturated carbocycles. The van der Waals surface area contributed by atoms with Gasteiger partial charge in [-0.15, -0.1) is 5.10 Å². The van der Waals surface area contributed by atoms with Crippen LogP contribution in [-0.2, 0) is 6.54 Å². The number of hydrogen-bond donors (Lipinski definition) is 2. The predicted molar refractivity (Wildman–Crippen MR) is 51.8 cm³/mol. The lowest BCUT2D eigenvalue weighted by Crippen LogP contribution is -1.95. The van der Waals surface area contributed by atoms with Crippen molar-refractivity contribution >= 4 is 11.7 Å². The van der Waals surface area contributed by atoms with Gasteiger partial charge in [0, 0.05) is 11.8 Å². The van der Waals surface area contributed by atoms with Crippen molar-refractivity contribution in [3.05, 3.63) is 35.7 Å². The molecule has 0 bridgehead atoms. The maximum absolute atomic E-state index is 12.8. The molecule has 1 aromatic carbocycles. The van der Waals surface area contributed by atoms with E-state index in [4.69, 9.17) is 10.2 Å². The molecular formula is C9H8F2N4O. The summed E-state index contributed by atoms with van der Waals surface area (Å²) < 4.78 is 30.7. The van der Waals surface area contributed by atoms with Crippen molar-refractivity contribution in [3.63, 3.8) is 0 Å². The largest absolute Gasteiger partial charge is 0.406 e. The van der Waals surface area contributed by atoms with Crippen LogP contribution >= 0.6 is 0 Å². The monoisotopic (exact) mass is 226 g/mol. The first-order valence-corrected chi connectivity index (χ1v) is 4.43. The maximum Gasteiger partial charge on any atom is 0.320 e. The highest BCUT2D eigenvalue weighted by atomic mass is 19.1. The predicted octanol–water partition coefficient (Wildman–Crippen LogP) is 1.55. The van der Waals surface area contributed by atoms with Crippen molar-refractivity contribution in [1.29, 1.82) is 0 Å². The lowest BCUT2D eigenvalue weighted by molar-refractivity contribution is 0.511. The number of aromatic nitrogens is 2. The fraction of sp³-hybridized carbons (Fsp3) is 0.111. The van der Waals surface area contributed by atoms with E-state index in [0.717, 1.165) is 18.2 Å². The van der Waals surface area contributed by atoms with Gasteiger partial charge in [-0.2, -0.15) is 0 Å². The zero-order chi connectivity index (χ0) is 11.5. The van der Waals surface area contributed by atoms with E-state index < -0.39 is 11.6 Å². The van der Waals surface area contributed by atoms with Crippen LogP contribution in [0.5, 0.6) is 0 Å². The third-order valence-corrected chi connectivity index (χ3v) is 1.76. The molecule has 16 heavy (non-hydrogen) atoms. The van der Waals surface area contributed by atoms with E-state index in [1.807, 2.05) is 0 Å². The standard InChI is InChI=1S/C9H8F2N4O/c10-5-1-6(11)3-7(2-5)13-9-15-14-8(4-12)16-9/h1-3H,4,12H2,(H,13,15). The quantitative estimate of drug-likeness (QED) is 0.830.